The summed E-state index contributed by atoms with van der Waals surface area (Å²) in [5.74, 6) is 0. The van der Waals surface area contributed by atoms with Crippen molar-refractivity contribution in [1.82, 2.24) is 0 Å². The summed E-state index contributed by atoms with van der Waals surface area (Å²) in [6.45, 7) is 23.5. The van der Waals surface area contributed by atoms with E-state index in [0.29, 0.717) is 9.52 Å². The molecule has 0 rings (SSSR count). The third kappa shape index (κ3) is 51.8. The van der Waals surface area contributed by atoms with E-state index >= 15 is 0 Å². The lowest BCUT2D eigenvalue weighted by Gasteiger charge is -2.15. The number of hydrogen-bond acceptors (Lipinski definition) is 0. The highest BCUT2D eigenvalue weighted by Crippen LogP contribution is 2.12. The molecule has 0 heterocycles. The molecule has 0 spiro atoms. The molecule has 0 saturated carbocycles. The van der Waals surface area contributed by atoms with E-state index in [4.69, 9.17) is 0 Å². The van der Waals surface area contributed by atoms with Crippen molar-refractivity contribution in [3.05, 3.63) is 0 Å². The molecule has 0 saturated heterocycles. The van der Waals surface area contributed by atoms with Gasteiger partial charge in [-0.3, -0.25) is 0 Å². The average Bonchev–Trinajstić information content (AvgIpc) is 2.39. The van der Waals surface area contributed by atoms with E-state index in [-0.39, 0.29) is 37.1 Å². The molecule has 3 heteroatoms. The van der Waals surface area contributed by atoms with E-state index in [1.807, 2.05) is 0 Å². The number of rotatable bonds is 5. The van der Waals surface area contributed by atoms with E-state index in [1.165, 1.54) is 30.2 Å². The molecule has 154 valence electrons. The Hall–Kier alpha value is 0.651. The van der Waals surface area contributed by atoms with Crippen LogP contribution in [0, 0.1) is 0 Å². The lowest BCUT2D eigenvalue weighted by atomic mass is 10.9. The molecule has 0 aliphatic carbocycles. The van der Waals surface area contributed by atoms with Crippen LogP contribution in [0.4, 0.5) is 0 Å². The summed E-state index contributed by atoms with van der Waals surface area (Å²) < 4.78 is 0. The molecule has 0 N–H and O–H groups in total. The van der Waals surface area contributed by atoms with Crippen molar-refractivity contribution >= 4 is 25.7 Å². The molecule has 0 nitrogen and oxygen atoms in total. The van der Waals surface area contributed by atoms with Crippen LogP contribution in [0.2, 0.25) is 63.0 Å². The third-order valence-corrected chi connectivity index (χ3v) is 13.0. The fourth-order valence-corrected chi connectivity index (χ4v) is 1.50. The van der Waals surface area contributed by atoms with E-state index < -0.39 is 16.1 Å². The lowest BCUT2D eigenvalue weighted by molar-refractivity contribution is 1.25. The van der Waals surface area contributed by atoms with Gasteiger partial charge in [0, 0.05) is 25.7 Å². The fraction of sp³-hybridized carbons (Fsp3) is 1.00. The Morgan fingerprint density at radius 1 is 0.522 bits per heavy atom. The van der Waals surface area contributed by atoms with Gasteiger partial charge in [-0.25, -0.2) is 0 Å². The topological polar surface area (TPSA) is 0 Å². The predicted molar refractivity (Wildman–Crippen MR) is 135 cm³/mol. The summed E-state index contributed by atoms with van der Waals surface area (Å²) in [4.78, 5) is 0. The van der Waals surface area contributed by atoms with E-state index in [2.05, 4.69) is 67.4 Å². The van der Waals surface area contributed by atoms with Crippen LogP contribution < -0.4 is 0 Å². The van der Waals surface area contributed by atoms with Crippen molar-refractivity contribution < 1.29 is 0 Å². The Morgan fingerprint density at radius 3 is 0.652 bits per heavy atom. The summed E-state index contributed by atoms with van der Waals surface area (Å²) >= 11 is 0. The average molecular weight is 387 g/mol. The van der Waals surface area contributed by atoms with Crippen LogP contribution in [0.25, 0.3) is 0 Å². The first-order valence-corrected chi connectivity index (χ1v) is 17.4. The minimum absolute atomic E-state index is 0. The molecule has 0 aromatic carbocycles. The Bertz CT molecular complexity index is 125. The maximum absolute atomic E-state index is 2.44. The summed E-state index contributed by atoms with van der Waals surface area (Å²) in [5.41, 5.74) is 0. The summed E-state index contributed by atoms with van der Waals surface area (Å²) in [5, 5.41) is 0. The minimum Gasteiger partial charge on any atom is -0.0776 e. The second-order valence-electron chi connectivity index (χ2n) is 6.74. The molecular formula is C20H62Si3. The first-order valence-electron chi connectivity index (χ1n) is 8.16. The van der Waals surface area contributed by atoms with E-state index in [9.17, 15) is 0 Å². The maximum Gasteiger partial charge on any atom is 0.0468 e. The van der Waals surface area contributed by atoms with Gasteiger partial charge in [0.15, 0.2) is 0 Å². The SMILES string of the molecule is C.C.C.C.C.CC[SiH2]C.CC[Si](C)(C)CC.CC[Si](C)(C)CC. The molecule has 0 unspecified atom stereocenters. The monoisotopic (exact) mass is 386 g/mol. The van der Waals surface area contributed by atoms with Crippen LogP contribution in [0.3, 0.4) is 0 Å². The van der Waals surface area contributed by atoms with Gasteiger partial charge in [0.2, 0.25) is 0 Å². The largest absolute Gasteiger partial charge is 0.0776 e. The third-order valence-electron chi connectivity index (χ3n) is 4.33. The molecule has 0 aromatic heterocycles. The van der Waals surface area contributed by atoms with Gasteiger partial charge in [-0.1, -0.05) is 135 Å². The van der Waals surface area contributed by atoms with Crippen molar-refractivity contribution in [3.63, 3.8) is 0 Å². The quantitative estimate of drug-likeness (QED) is 0.413. The highest BCUT2D eigenvalue weighted by atomic mass is 28.3. The summed E-state index contributed by atoms with van der Waals surface area (Å²) in [6.07, 6.45) is 0. The zero-order chi connectivity index (χ0) is 15.2. The molecule has 0 bridgehead atoms. The highest BCUT2D eigenvalue weighted by Gasteiger charge is 2.13. The van der Waals surface area contributed by atoms with E-state index in [1.54, 1.807) is 0 Å². The van der Waals surface area contributed by atoms with Crippen molar-refractivity contribution in [2.75, 3.05) is 0 Å². The standard InChI is InChI=1S/2C6H16Si.C3H10Si.5CH4/c2*1-5-7(3,4)6-2;1-3-4-2;;;;;/h2*5-6H2,1-4H3;3-4H2,1-2H3;5*1H4. The van der Waals surface area contributed by atoms with Crippen molar-refractivity contribution in [3.8, 4) is 0 Å². The van der Waals surface area contributed by atoms with Gasteiger partial charge in [-0.15, -0.1) is 0 Å². The summed E-state index contributed by atoms with van der Waals surface area (Å²) in [6, 6.07) is 7.19. The van der Waals surface area contributed by atoms with Crippen LogP contribution in [-0.2, 0) is 0 Å². The minimum atomic E-state index is -0.651. The Labute approximate surface area is 160 Å². The molecular weight excluding hydrogens is 324 g/mol. The van der Waals surface area contributed by atoms with Crippen LogP contribution >= 0.6 is 0 Å². The van der Waals surface area contributed by atoms with Gasteiger partial charge < -0.3 is 0 Å². The van der Waals surface area contributed by atoms with Crippen LogP contribution in [0.1, 0.15) is 71.8 Å². The molecule has 0 atom stereocenters. The molecule has 0 amide bonds. The first-order chi connectivity index (χ1) is 8.16. The smallest absolute Gasteiger partial charge is 0.0468 e. The zero-order valence-electron chi connectivity index (χ0n) is 15.2. The van der Waals surface area contributed by atoms with Gasteiger partial charge in [-0.2, -0.15) is 0 Å². The van der Waals surface area contributed by atoms with Crippen LogP contribution in [0.15, 0.2) is 0 Å². The van der Waals surface area contributed by atoms with Crippen molar-refractivity contribution in [1.29, 1.82) is 0 Å². The molecule has 23 heavy (non-hydrogen) atoms. The van der Waals surface area contributed by atoms with Crippen molar-refractivity contribution in [2.24, 2.45) is 0 Å². The molecule has 0 fully saturated rings. The normalized spacial score (nSPS) is 9.13. The number of hydrogen-bond donors (Lipinski definition) is 0. The molecule has 0 aliphatic heterocycles. The molecule has 0 radical (unpaired) electrons. The maximum atomic E-state index is 2.44. The second kappa shape index (κ2) is 30.5. The van der Waals surface area contributed by atoms with Crippen LogP contribution in [0.5, 0.6) is 0 Å². The van der Waals surface area contributed by atoms with Gasteiger partial charge in [-0.05, 0) is 0 Å². The molecule has 0 aliphatic rings. The highest BCUT2D eigenvalue weighted by molar-refractivity contribution is 6.77. The summed E-state index contributed by atoms with van der Waals surface area (Å²) in [7, 11) is -0.878. The van der Waals surface area contributed by atoms with Gasteiger partial charge in [0.1, 0.15) is 0 Å². The lowest BCUT2D eigenvalue weighted by Crippen LogP contribution is -2.21. The fourth-order valence-electron chi connectivity index (χ4n) is 0.500. The Morgan fingerprint density at radius 2 is 0.652 bits per heavy atom. The Kier molecular flexibility index (Phi) is 65.7. The van der Waals surface area contributed by atoms with Gasteiger partial charge >= 0.3 is 0 Å². The second-order valence-corrected chi connectivity index (χ2v) is 20.2. The van der Waals surface area contributed by atoms with E-state index in [0.717, 1.165) is 0 Å². The van der Waals surface area contributed by atoms with Gasteiger partial charge in [0.25, 0.3) is 0 Å². The Balaban J connectivity index is -0.0000000227. The van der Waals surface area contributed by atoms with Crippen LogP contribution in [-0.4, -0.2) is 25.7 Å². The van der Waals surface area contributed by atoms with Crippen molar-refractivity contribution in [2.45, 2.75) is 135 Å². The van der Waals surface area contributed by atoms with Gasteiger partial charge in [0.05, 0.1) is 0 Å². The predicted octanol–water partition coefficient (Wildman–Crippen LogP) is 9.29. The molecule has 0 aromatic rings. The zero-order valence-corrected chi connectivity index (χ0v) is 18.7. The first kappa shape index (κ1) is 49.5.